The monoisotopic (exact) mass is 778 g/mol. The lowest BCUT2D eigenvalue weighted by Gasteiger charge is -2.12. The van der Waals surface area contributed by atoms with E-state index >= 15 is 0 Å². The maximum absolute atomic E-state index is 5.39. The van der Waals surface area contributed by atoms with E-state index in [4.69, 9.17) is 15.1 Å². The number of hydrogen-bond donors (Lipinski definition) is 0. The Morgan fingerprint density at radius 1 is 0.328 bits per heavy atom. The molecule has 0 radical (unpaired) electrons. The van der Waals surface area contributed by atoms with Crippen LogP contribution in [0.2, 0.25) is 0 Å². The molecule has 2 aromatic heterocycles. The Hall–Kier alpha value is -8.21. The van der Waals surface area contributed by atoms with Crippen LogP contribution in [0.15, 0.2) is 231 Å². The fourth-order valence-electron chi connectivity index (χ4n) is 8.37. The molecule has 0 N–H and O–H groups in total. The van der Waals surface area contributed by atoms with Crippen molar-refractivity contribution >= 4 is 21.7 Å². The molecule has 0 saturated carbocycles. The van der Waals surface area contributed by atoms with Crippen molar-refractivity contribution < 1.29 is 0 Å². The molecule has 4 heteroatoms. The summed E-state index contributed by atoms with van der Waals surface area (Å²) in [5.41, 5.74) is 15.9. The third kappa shape index (κ3) is 6.86. The predicted molar refractivity (Wildman–Crippen MR) is 252 cm³/mol. The van der Waals surface area contributed by atoms with Gasteiger partial charge in [0.05, 0.1) is 22.6 Å². The average Bonchev–Trinajstić information content (AvgIpc) is 3.76. The Balaban J connectivity index is 0.962. The molecular weight excluding hydrogens is 741 g/mol. The molecule has 61 heavy (non-hydrogen) atoms. The van der Waals surface area contributed by atoms with Crippen LogP contribution in [0.3, 0.4) is 0 Å². The number of benzene rings is 9. The van der Waals surface area contributed by atoms with Crippen LogP contribution in [0.5, 0.6) is 0 Å². The Kier molecular flexibility index (Phi) is 9.14. The van der Waals surface area contributed by atoms with E-state index in [1.165, 1.54) is 27.5 Å². The van der Waals surface area contributed by atoms with Gasteiger partial charge in [0.1, 0.15) is 5.69 Å². The minimum absolute atomic E-state index is 0.695. The maximum Gasteiger partial charge on any atom is 0.160 e. The zero-order valence-corrected chi connectivity index (χ0v) is 33.2. The molecule has 0 fully saturated rings. The van der Waals surface area contributed by atoms with Gasteiger partial charge in [-0.05, 0) is 63.0 Å². The summed E-state index contributed by atoms with van der Waals surface area (Å²) in [5, 5.41) is 8.88. The van der Waals surface area contributed by atoms with Crippen LogP contribution in [0.1, 0.15) is 0 Å². The van der Waals surface area contributed by atoms with Crippen LogP contribution in [0.4, 0.5) is 0 Å². The molecular formula is C57H38N4. The SMILES string of the molecule is c1ccc(-c2ccc(-c3nc(-c4ccccc4)cc(-c4ccc(-c5ccc(-n6nc(-c7ccccc7)c7c(-c8ccccc8)cc8ccccc8c76)cc5)cc4)n3)cc2)cc1. The highest BCUT2D eigenvalue weighted by atomic mass is 15.3. The summed E-state index contributed by atoms with van der Waals surface area (Å²) in [5.74, 6) is 0.695. The summed E-state index contributed by atoms with van der Waals surface area (Å²) >= 11 is 0. The Morgan fingerprint density at radius 2 is 0.754 bits per heavy atom. The first-order valence-electron chi connectivity index (χ1n) is 20.6. The van der Waals surface area contributed by atoms with Crippen molar-refractivity contribution in [3.63, 3.8) is 0 Å². The summed E-state index contributed by atoms with van der Waals surface area (Å²) in [7, 11) is 0. The number of fused-ring (bicyclic) bond motifs is 3. The van der Waals surface area contributed by atoms with Crippen molar-refractivity contribution in [2.75, 3.05) is 0 Å². The first kappa shape index (κ1) is 35.9. The molecule has 0 saturated heterocycles. The van der Waals surface area contributed by atoms with Gasteiger partial charge in [0.25, 0.3) is 0 Å². The van der Waals surface area contributed by atoms with Crippen LogP contribution >= 0.6 is 0 Å². The molecule has 11 aromatic rings. The van der Waals surface area contributed by atoms with Gasteiger partial charge in [0.2, 0.25) is 0 Å². The molecule has 0 spiro atoms. The van der Waals surface area contributed by atoms with Gasteiger partial charge in [0.15, 0.2) is 5.82 Å². The average molecular weight is 779 g/mol. The maximum atomic E-state index is 5.39. The summed E-state index contributed by atoms with van der Waals surface area (Å²) in [6.07, 6.45) is 0. The summed E-state index contributed by atoms with van der Waals surface area (Å²) < 4.78 is 2.13. The first-order valence-corrected chi connectivity index (χ1v) is 20.6. The Morgan fingerprint density at radius 3 is 1.34 bits per heavy atom. The van der Waals surface area contributed by atoms with Crippen LogP contribution in [0, 0.1) is 0 Å². The number of rotatable bonds is 8. The van der Waals surface area contributed by atoms with Crippen molar-refractivity contribution in [1.29, 1.82) is 0 Å². The van der Waals surface area contributed by atoms with Crippen LogP contribution < -0.4 is 0 Å². The van der Waals surface area contributed by atoms with E-state index in [0.717, 1.165) is 72.6 Å². The van der Waals surface area contributed by atoms with Gasteiger partial charge in [-0.2, -0.15) is 5.10 Å². The number of hydrogen-bond acceptors (Lipinski definition) is 3. The van der Waals surface area contributed by atoms with E-state index in [0.29, 0.717) is 5.82 Å². The van der Waals surface area contributed by atoms with E-state index in [1.54, 1.807) is 0 Å². The quantitative estimate of drug-likeness (QED) is 0.154. The van der Waals surface area contributed by atoms with Crippen molar-refractivity contribution in [2.45, 2.75) is 0 Å². The highest BCUT2D eigenvalue weighted by Crippen LogP contribution is 2.42. The largest absolute Gasteiger partial charge is 0.232 e. The van der Waals surface area contributed by atoms with Gasteiger partial charge >= 0.3 is 0 Å². The van der Waals surface area contributed by atoms with Crippen LogP contribution in [0.25, 0.3) is 106 Å². The van der Waals surface area contributed by atoms with E-state index in [2.05, 4.69) is 211 Å². The molecule has 0 amide bonds. The second kappa shape index (κ2) is 15.5. The standard InChI is InChI=1S/C57H38N4/c1-5-15-39(16-6-1)40-27-31-47(32-28-40)57-58-52(44-19-9-3-10-20-44)38-53(59-57)45-29-25-41(26-30-45)42-33-35-49(36-34-42)61-56-50-24-14-13-23-48(50)37-51(43-17-7-2-8-18-43)54(56)55(60-61)46-21-11-4-12-22-46/h1-38H. The lowest BCUT2D eigenvalue weighted by Crippen LogP contribution is -1.97. The van der Waals surface area contributed by atoms with Crippen molar-refractivity contribution in [3.05, 3.63) is 231 Å². The number of nitrogens with zero attached hydrogens (tertiary/aromatic N) is 4. The number of aromatic nitrogens is 4. The highest BCUT2D eigenvalue weighted by molar-refractivity contribution is 6.17. The fourth-order valence-corrected chi connectivity index (χ4v) is 8.37. The third-order valence-corrected chi connectivity index (χ3v) is 11.5. The third-order valence-electron chi connectivity index (χ3n) is 11.5. The van der Waals surface area contributed by atoms with Gasteiger partial charge in [-0.1, -0.05) is 206 Å². The Bertz CT molecular complexity index is 3290. The summed E-state index contributed by atoms with van der Waals surface area (Å²) in [6, 6.07) is 80.9. The van der Waals surface area contributed by atoms with Crippen LogP contribution in [-0.2, 0) is 0 Å². The van der Waals surface area contributed by atoms with Gasteiger partial charge in [0, 0.05) is 33.0 Å². The smallest absolute Gasteiger partial charge is 0.160 e. The predicted octanol–water partition coefficient (Wildman–Crippen LogP) is 14.6. The van der Waals surface area contributed by atoms with Crippen molar-refractivity contribution in [1.82, 2.24) is 19.7 Å². The minimum Gasteiger partial charge on any atom is -0.232 e. The molecule has 0 aliphatic carbocycles. The zero-order valence-electron chi connectivity index (χ0n) is 33.2. The van der Waals surface area contributed by atoms with E-state index < -0.39 is 0 Å². The van der Waals surface area contributed by atoms with E-state index in [-0.39, 0.29) is 0 Å². The molecule has 0 atom stereocenters. The first-order chi connectivity index (χ1) is 30.2. The topological polar surface area (TPSA) is 43.6 Å². The second-order valence-electron chi connectivity index (χ2n) is 15.3. The Labute approximate surface area is 354 Å². The zero-order chi connectivity index (χ0) is 40.5. The highest BCUT2D eigenvalue weighted by Gasteiger charge is 2.21. The van der Waals surface area contributed by atoms with Crippen molar-refractivity contribution in [3.8, 4) is 84.2 Å². The molecule has 9 aromatic carbocycles. The summed E-state index contributed by atoms with van der Waals surface area (Å²) in [4.78, 5) is 10.2. The minimum atomic E-state index is 0.695. The second-order valence-corrected chi connectivity index (χ2v) is 15.3. The molecule has 0 aliphatic heterocycles. The lowest BCUT2D eigenvalue weighted by atomic mass is 9.94. The molecule has 0 unspecified atom stereocenters. The van der Waals surface area contributed by atoms with E-state index in [9.17, 15) is 0 Å². The normalized spacial score (nSPS) is 11.3. The van der Waals surface area contributed by atoms with Gasteiger partial charge < -0.3 is 0 Å². The van der Waals surface area contributed by atoms with Gasteiger partial charge in [-0.25, -0.2) is 14.6 Å². The molecule has 0 bridgehead atoms. The lowest BCUT2D eigenvalue weighted by molar-refractivity contribution is 0.918. The van der Waals surface area contributed by atoms with Gasteiger partial charge in [-0.3, -0.25) is 0 Å². The van der Waals surface area contributed by atoms with Crippen LogP contribution in [-0.4, -0.2) is 19.7 Å². The summed E-state index contributed by atoms with van der Waals surface area (Å²) in [6.45, 7) is 0. The van der Waals surface area contributed by atoms with Crippen molar-refractivity contribution in [2.24, 2.45) is 0 Å². The molecule has 11 rings (SSSR count). The van der Waals surface area contributed by atoms with Gasteiger partial charge in [-0.15, -0.1) is 0 Å². The molecule has 4 nitrogen and oxygen atoms in total. The molecule has 2 heterocycles. The fraction of sp³-hybridized carbons (Fsp3) is 0. The van der Waals surface area contributed by atoms with E-state index in [1.807, 2.05) is 24.3 Å². The molecule has 286 valence electrons. The molecule has 0 aliphatic rings.